The van der Waals surface area contributed by atoms with Crippen LogP contribution >= 0.6 is 11.3 Å². The number of carbonyl (C=O) groups excluding carboxylic acids is 2. The van der Waals surface area contributed by atoms with Gasteiger partial charge in [-0.1, -0.05) is 12.1 Å². The highest BCUT2D eigenvalue weighted by atomic mass is 32.1. The van der Waals surface area contributed by atoms with Crippen LogP contribution in [0.2, 0.25) is 0 Å². The van der Waals surface area contributed by atoms with E-state index in [-0.39, 0.29) is 28.0 Å². The second kappa shape index (κ2) is 10.5. The lowest BCUT2D eigenvalue weighted by molar-refractivity contribution is -0.0799. The Morgan fingerprint density at radius 1 is 1.03 bits per heavy atom. The molecule has 10 heteroatoms. The number of anilines is 1. The van der Waals surface area contributed by atoms with Gasteiger partial charge in [0.2, 0.25) is 0 Å². The van der Waals surface area contributed by atoms with Gasteiger partial charge in [0.1, 0.15) is 5.82 Å². The first-order valence-electron chi connectivity index (χ1n) is 8.30. The minimum atomic E-state index is -0.953. The van der Waals surface area contributed by atoms with Crippen LogP contribution in [0.3, 0.4) is 0 Å². The molecule has 0 fully saturated rings. The van der Waals surface area contributed by atoms with Crippen molar-refractivity contribution in [3.05, 3.63) is 69.9 Å². The topological polar surface area (TPSA) is 90.7 Å². The highest BCUT2D eigenvalue weighted by molar-refractivity contribution is 7.14. The predicted molar refractivity (Wildman–Crippen MR) is 107 cm³/mol. The van der Waals surface area contributed by atoms with Crippen molar-refractivity contribution in [2.75, 3.05) is 12.8 Å². The number of hydrogen-bond acceptors (Lipinski definition) is 7. The number of rotatable bonds is 6. The van der Waals surface area contributed by atoms with Gasteiger partial charge >= 0.3 is 0 Å². The quantitative estimate of drug-likeness (QED) is 0.436. The summed E-state index contributed by atoms with van der Waals surface area (Å²) in [6.45, 7) is 1.48. The van der Waals surface area contributed by atoms with E-state index in [4.69, 9.17) is 10.6 Å². The molecule has 0 atom stereocenters. The standard InChI is InChI=1S/C12H9F2NOS.C8H8FNO3/c1-6-2-3-7(11(14)10(6)13)9-5-17-12(15)8(9)4-16;1-12-10-13-8-4-7(9)3-2-6(8)5-11/h2-5H,15H2,1H3;2-5,10H,1H3. The lowest BCUT2D eigenvalue weighted by Crippen LogP contribution is -2.17. The third-order valence-corrected chi connectivity index (χ3v) is 4.71. The Bertz CT molecular complexity index is 1060. The van der Waals surface area contributed by atoms with Crippen molar-refractivity contribution < 1.29 is 32.4 Å². The molecule has 0 saturated carbocycles. The van der Waals surface area contributed by atoms with E-state index < -0.39 is 17.5 Å². The molecule has 3 rings (SSSR count). The molecule has 0 radical (unpaired) electrons. The van der Waals surface area contributed by atoms with Gasteiger partial charge in [0.05, 0.1) is 23.2 Å². The van der Waals surface area contributed by atoms with Crippen LogP contribution in [-0.2, 0) is 4.84 Å². The monoisotopic (exact) mass is 438 g/mol. The van der Waals surface area contributed by atoms with Gasteiger partial charge in [0.25, 0.3) is 0 Å². The number of halogens is 3. The Labute approximate surface area is 173 Å². The fourth-order valence-corrected chi connectivity index (χ4v) is 3.13. The van der Waals surface area contributed by atoms with Gasteiger partial charge in [-0.05, 0) is 30.3 Å². The molecule has 3 aromatic rings. The summed E-state index contributed by atoms with van der Waals surface area (Å²) in [6, 6.07) is 6.48. The van der Waals surface area contributed by atoms with E-state index in [0.29, 0.717) is 23.1 Å². The van der Waals surface area contributed by atoms with Crippen LogP contribution in [0.4, 0.5) is 18.2 Å². The van der Waals surface area contributed by atoms with Gasteiger partial charge in [-0.15, -0.1) is 11.3 Å². The molecule has 0 aliphatic rings. The molecule has 30 heavy (non-hydrogen) atoms. The molecular formula is C20H17F3N2O4S. The number of aryl methyl sites for hydroxylation is 1. The molecule has 0 amide bonds. The van der Waals surface area contributed by atoms with Crippen molar-refractivity contribution >= 4 is 28.9 Å². The van der Waals surface area contributed by atoms with Gasteiger partial charge < -0.3 is 10.6 Å². The third kappa shape index (κ3) is 5.23. The number of thiophene rings is 1. The van der Waals surface area contributed by atoms with Crippen LogP contribution in [0.1, 0.15) is 26.3 Å². The summed E-state index contributed by atoms with van der Waals surface area (Å²) >= 11 is 1.13. The third-order valence-electron chi connectivity index (χ3n) is 3.88. The average molecular weight is 438 g/mol. The van der Waals surface area contributed by atoms with Crippen molar-refractivity contribution in [2.24, 2.45) is 0 Å². The van der Waals surface area contributed by atoms with E-state index >= 15 is 0 Å². The van der Waals surface area contributed by atoms with Crippen molar-refractivity contribution in [3.63, 3.8) is 0 Å². The Kier molecular flexibility index (Phi) is 8.10. The van der Waals surface area contributed by atoms with Crippen LogP contribution in [0, 0.1) is 24.4 Å². The Hall–Kier alpha value is -3.21. The van der Waals surface area contributed by atoms with Crippen LogP contribution in [0.5, 0.6) is 5.75 Å². The number of aldehydes is 2. The smallest absolute Gasteiger partial charge is 0.166 e. The zero-order chi connectivity index (χ0) is 22.3. The Balaban J connectivity index is 0.000000222. The highest BCUT2D eigenvalue weighted by Gasteiger charge is 2.17. The molecule has 0 unspecified atom stereocenters. The molecule has 0 bridgehead atoms. The molecular weight excluding hydrogens is 421 g/mol. The van der Waals surface area contributed by atoms with E-state index in [0.717, 1.165) is 17.4 Å². The zero-order valence-electron chi connectivity index (χ0n) is 15.9. The molecule has 6 nitrogen and oxygen atoms in total. The summed E-state index contributed by atoms with van der Waals surface area (Å²) in [5.41, 5.74) is 8.68. The zero-order valence-corrected chi connectivity index (χ0v) is 16.7. The number of hydrogen-bond donors (Lipinski definition) is 2. The molecule has 0 saturated heterocycles. The molecule has 1 aromatic heterocycles. The minimum Gasteiger partial charge on any atom is -0.390 e. The van der Waals surface area contributed by atoms with E-state index in [1.807, 2.05) is 5.64 Å². The number of nitrogen functional groups attached to an aromatic ring is 1. The van der Waals surface area contributed by atoms with Crippen molar-refractivity contribution in [2.45, 2.75) is 6.92 Å². The van der Waals surface area contributed by atoms with E-state index in [2.05, 4.69) is 4.84 Å². The summed E-state index contributed by atoms with van der Waals surface area (Å²) in [7, 11) is 1.33. The fraction of sp³-hybridized carbons (Fsp3) is 0.100. The Morgan fingerprint density at radius 2 is 1.77 bits per heavy atom. The first-order chi connectivity index (χ1) is 14.3. The predicted octanol–water partition coefficient (Wildman–Crippen LogP) is 4.48. The fourth-order valence-electron chi connectivity index (χ4n) is 2.35. The van der Waals surface area contributed by atoms with Gasteiger partial charge in [-0.2, -0.15) is 0 Å². The maximum absolute atomic E-state index is 13.7. The Morgan fingerprint density at radius 3 is 2.40 bits per heavy atom. The van der Waals surface area contributed by atoms with Gasteiger partial charge in [0, 0.05) is 22.6 Å². The van der Waals surface area contributed by atoms with Crippen molar-refractivity contribution in [3.8, 4) is 16.9 Å². The van der Waals surface area contributed by atoms with Crippen LogP contribution in [-0.4, -0.2) is 19.7 Å². The maximum Gasteiger partial charge on any atom is 0.166 e. The summed E-state index contributed by atoms with van der Waals surface area (Å²) in [5.74, 6) is -2.26. The highest BCUT2D eigenvalue weighted by Crippen LogP contribution is 2.34. The molecule has 0 aliphatic heterocycles. The normalized spacial score (nSPS) is 10.2. The second-order valence-electron chi connectivity index (χ2n) is 5.79. The number of carbonyl (C=O) groups is 2. The SMILES string of the molecule is CONOc1cc(F)ccc1C=O.Cc1ccc(-c2csc(N)c2C=O)c(F)c1F. The van der Waals surface area contributed by atoms with E-state index in [1.54, 1.807) is 5.38 Å². The van der Waals surface area contributed by atoms with Crippen LogP contribution in [0.25, 0.3) is 11.1 Å². The first-order valence-corrected chi connectivity index (χ1v) is 9.18. The lowest BCUT2D eigenvalue weighted by atomic mass is 10.0. The van der Waals surface area contributed by atoms with E-state index in [1.165, 1.54) is 38.3 Å². The molecule has 1 heterocycles. The number of nitrogens with one attached hydrogen (secondary N) is 1. The van der Waals surface area contributed by atoms with Crippen molar-refractivity contribution in [1.29, 1.82) is 0 Å². The minimum absolute atomic E-state index is 0.0585. The molecule has 2 aromatic carbocycles. The summed E-state index contributed by atoms with van der Waals surface area (Å²) in [5, 5.41) is 1.85. The molecule has 3 N–H and O–H groups in total. The first kappa shape index (κ1) is 23.1. The maximum atomic E-state index is 13.7. The lowest BCUT2D eigenvalue weighted by Gasteiger charge is -2.05. The summed E-state index contributed by atoms with van der Waals surface area (Å²) < 4.78 is 39.8. The second-order valence-corrected chi connectivity index (χ2v) is 6.70. The largest absolute Gasteiger partial charge is 0.390 e. The number of benzene rings is 2. The molecule has 0 spiro atoms. The average Bonchev–Trinajstić information content (AvgIpc) is 3.11. The molecule has 158 valence electrons. The summed E-state index contributed by atoms with van der Waals surface area (Å²) in [4.78, 5) is 30.4. The molecule has 0 aliphatic carbocycles. The number of nitrogens with two attached hydrogens (primary N) is 1. The van der Waals surface area contributed by atoms with Crippen molar-refractivity contribution in [1.82, 2.24) is 5.64 Å². The van der Waals surface area contributed by atoms with E-state index in [9.17, 15) is 22.8 Å². The van der Waals surface area contributed by atoms with Gasteiger partial charge in [-0.25, -0.2) is 13.2 Å². The van der Waals surface area contributed by atoms with Crippen LogP contribution < -0.4 is 16.2 Å². The van der Waals surface area contributed by atoms with Gasteiger partial charge in [0.15, 0.2) is 30.0 Å². The van der Waals surface area contributed by atoms with Crippen LogP contribution in [0.15, 0.2) is 35.7 Å². The summed E-state index contributed by atoms with van der Waals surface area (Å²) in [6.07, 6.45) is 1.12. The van der Waals surface area contributed by atoms with Gasteiger partial charge in [-0.3, -0.25) is 14.4 Å².